The van der Waals surface area contributed by atoms with Crippen LogP contribution >= 0.6 is 0 Å². The Kier molecular flexibility index (Phi) is 17.4. The molecule has 2 aliphatic rings. The van der Waals surface area contributed by atoms with Gasteiger partial charge in [-0.15, -0.1) is 5.06 Å². The van der Waals surface area contributed by atoms with E-state index in [2.05, 4.69) is 106 Å². The molecule has 50 heavy (non-hydrogen) atoms. The number of hydrogen-bond acceptors (Lipinski definition) is 8. The molecule has 290 valence electrons. The van der Waals surface area contributed by atoms with Crippen molar-refractivity contribution in [2.45, 2.75) is 192 Å². The normalized spacial score (nSPS) is 26.3. The van der Waals surface area contributed by atoms with Gasteiger partial charge in [0.2, 0.25) is 0 Å². The van der Waals surface area contributed by atoms with E-state index >= 15 is 0 Å². The van der Waals surface area contributed by atoms with Crippen LogP contribution in [0.1, 0.15) is 94.9 Å². The SMILES string of the molecule is CC[Si](CC)(CC)OC[C@H]1N[C@H](O[Si](CC)(CC)CC)[C@H](N2OC2c2ccc(OC)cc2)[C@@H](O[Si](CC)(CC)CC)[C@@H]1O[Si](CC)(CC)CC. The van der Waals surface area contributed by atoms with Crippen LogP contribution < -0.4 is 10.1 Å². The number of nitrogens with zero attached hydrogens (tertiary/aromatic N) is 1. The van der Waals surface area contributed by atoms with Crippen LogP contribution in [0.4, 0.5) is 0 Å². The van der Waals surface area contributed by atoms with Crippen LogP contribution in [0.5, 0.6) is 5.75 Å². The summed E-state index contributed by atoms with van der Waals surface area (Å²) in [5, 5.41) is 6.32. The summed E-state index contributed by atoms with van der Waals surface area (Å²) in [6.07, 6.45) is -0.810. The van der Waals surface area contributed by atoms with Gasteiger partial charge in [0.25, 0.3) is 0 Å². The first-order chi connectivity index (χ1) is 24.0. The average Bonchev–Trinajstić information content (AvgIpc) is 3.97. The zero-order chi connectivity index (χ0) is 37.2. The van der Waals surface area contributed by atoms with Crippen molar-refractivity contribution in [2.75, 3.05) is 13.7 Å². The third kappa shape index (κ3) is 9.82. The summed E-state index contributed by atoms with van der Waals surface area (Å²) in [6.45, 7) is 28.6. The first kappa shape index (κ1) is 44.0. The maximum Gasteiger partial charge on any atom is 0.194 e. The molecule has 0 amide bonds. The van der Waals surface area contributed by atoms with Gasteiger partial charge in [-0.1, -0.05) is 95.2 Å². The molecule has 2 saturated heterocycles. The summed E-state index contributed by atoms with van der Waals surface area (Å²) in [5.41, 5.74) is 1.12. The Bertz CT molecular complexity index is 1080. The molecule has 0 saturated carbocycles. The molecule has 0 aliphatic carbocycles. The fourth-order valence-corrected chi connectivity index (χ4v) is 19.4. The van der Waals surface area contributed by atoms with Gasteiger partial charge in [-0.05, 0) is 90.2 Å². The van der Waals surface area contributed by atoms with Crippen LogP contribution in [-0.2, 0) is 22.5 Å². The molecule has 2 aliphatic heterocycles. The Morgan fingerprint density at radius 1 is 0.580 bits per heavy atom. The van der Waals surface area contributed by atoms with E-state index in [1.54, 1.807) is 7.11 Å². The summed E-state index contributed by atoms with van der Waals surface area (Å²) in [7, 11) is -6.42. The van der Waals surface area contributed by atoms with Crippen molar-refractivity contribution in [1.82, 2.24) is 10.4 Å². The Hall–Kier alpha value is -0.392. The molecule has 0 bridgehead atoms. The molecule has 3 rings (SSSR count). The molecule has 0 spiro atoms. The van der Waals surface area contributed by atoms with Crippen LogP contribution in [0.2, 0.25) is 72.5 Å². The Balaban J connectivity index is 2.25. The van der Waals surface area contributed by atoms with Crippen molar-refractivity contribution >= 4 is 33.3 Å². The third-order valence-electron chi connectivity index (χ3n) is 13.3. The predicted molar refractivity (Wildman–Crippen MR) is 219 cm³/mol. The highest BCUT2D eigenvalue weighted by atomic mass is 28.4. The lowest BCUT2D eigenvalue weighted by Gasteiger charge is -2.53. The molecule has 8 nitrogen and oxygen atoms in total. The minimum absolute atomic E-state index is 0.0387. The van der Waals surface area contributed by atoms with E-state index in [4.69, 9.17) is 27.3 Å². The number of nitrogens with one attached hydrogen (secondary N) is 1. The van der Waals surface area contributed by atoms with Gasteiger partial charge in [0.1, 0.15) is 18.0 Å². The maximum absolute atomic E-state index is 7.79. The molecule has 2 heterocycles. The standard InChI is InChI=1S/C38H76N2O6Si4/c1-14-47(15-2,16-3)42-30-33-35(44-48(17-4,18-5)19-6)36(45-49(20-7,21-8)22-9)34(37(39-33)46-50(23-10,24-11)25-12)40-38(43-40)31-26-28-32(41-13)29-27-31/h26-29,33-39H,14-25,30H2,1-13H3/t33-,34-,35-,36-,37-,38?,40?/m1/s1. The monoisotopic (exact) mass is 768 g/mol. The Morgan fingerprint density at radius 2 is 1.00 bits per heavy atom. The lowest BCUT2D eigenvalue weighted by Crippen LogP contribution is -2.73. The van der Waals surface area contributed by atoms with Crippen molar-refractivity contribution in [1.29, 1.82) is 0 Å². The van der Waals surface area contributed by atoms with E-state index in [0.717, 1.165) is 83.8 Å². The van der Waals surface area contributed by atoms with Gasteiger partial charge in [0, 0.05) is 0 Å². The van der Waals surface area contributed by atoms with Gasteiger partial charge in [-0.2, -0.15) is 0 Å². The van der Waals surface area contributed by atoms with E-state index in [0.29, 0.717) is 6.61 Å². The summed E-state index contributed by atoms with van der Waals surface area (Å²) in [6, 6.07) is 21.2. The average molecular weight is 769 g/mol. The van der Waals surface area contributed by atoms with E-state index in [1.807, 2.05) is 12.1 Å². The number of hydroxylamine groups is 2. The first-order valence-corrected chi connectivity index (χ1v) is 30.6. The minimum atomic E-state index is -2.12. The number of ether oxygens (including phenoxy) is 1. The number of hydrogen-bond donors (Lipinski definition) is 1. The van der Waals surface area contributed by atoms with E-state index in [-0.39, 0.29) is 36.7 Å². The van der Waals surface area contributed by atoms with Gasteiger partial charge < -0.3 is 22.4 Å². The first-order valence-electron chi connectivity index (χ1n) is 20.5. The molecule has 2 unspecified atom stereocenters. The number of benzene rings is 1. The second kappa shape index (κ2) is 19.8. The molecular weight excluding hydrogens is 693 g/mol. The highest BCUT2D eigenvalue weighted by molar-refractivity contribution is 6.75. The maximum atomic E-state index is 7.79. The van der Waals surface area contributed by atoms with Crippen LogP contribution in [0.3, 0.4) is 0 Å². The fraction of sp³-hybridized carbons (Fsp3) is 0.842. The minimum Gasteiger partial charge on any atom is -0.497 e. The van der Waals surface area contributed by atoms with Crippen molar-refractivity contribution < 1.29 is 27.3 Å². The summed E-state index contributed by atoms with van der Waals surface area (Å²) >= 11 is 0. The van der Waals surface area contributed by atoms with Gasteiger partial charge in [0.15, 0.2) is 39.5 Å². The second-order valence-electron chi connectivity index (χ2n) is 14.8. The zero-order valence-electron chi connectivity index (χ0n) is 34.4. The highest BCUT2D eigenvalue weighted by Gasteiger charge is 2.60. The van der Waals surface area contributed by atoms with Gasteiger partial charge in [-0.25, -0.2) is 0 Å². The highest BCUT2D eigenvalue weighted by Crippen LogP contribution is 2.46. The molecule has 0 radical (unpaired) electrons. The van der Waals surface area contributed by atoms with Crippen molar-refractivity contribution in [3.05, 3.63) is 29.8 Å². The summed E-state index contributed by atoms with van der Waals surface area (Å²) < 4.78 is 35.7. The number of piperidine rings is 1. The van der Waals surface area contributed by atoms with E-state index in [1.165, 1.54) is 0 Å². The zero-order valence-corrected chi connectivity index (χ0v) is 38.4. The largest absolute Gasteiger partial charge is 0.497 e. The molecule has 2 fully saturated rings. The third-order valence-corrected chi connectivity index (χ3v) is 31.8. The Morgan fingerprint density at radius 3 is 1.42 bits per heavy atom. The van der Waals surface area contributed by atoms with E-state index < -0.39 is 33.3 Å². The summed E-state index contributed by atoms with van der Waals surface area (Å²) in [4.78, 5) is 6.62. The smallest absolute Gasteiger partial charge is 0.194 e. The predicted octanol–water partition coefficient (Wildman–Crippen LogP) is 10.4. The Labute approximate surface area is 311 Å². The number of rotatable bonds is 24. The van der Waals surface area contributed by atoms with Crippen LogP contribution in [0.15, 0.2) is 24.3 Å². The van der Waals surface area contributed by atoms with Gasteiger partial charge >= 0.3 is 0 Å². The molecule has 0 aromatic heterocycles. The molecule has 1 N–H and O–H groups in total. The van der Waals surface area contributed by atoms with Gasteiger partial charge in [0.05, 0.1) is 32.0 Å². The molecule has 12 heteroatoms. The van der Waals surface area contributed by atoms with Gasteiger partial charge in [-0.3, -0.25) is 10.2 Å². The molecule has 1 aromatic carbocycles. The van der Waals surface area contributed by atoms with Crippen molar-refractivity contribution in [2.24, 2.45) is 0 Å². The van der Waals surface area contributed by atoms with Crippen LogP contribution in [0, 0.1) is 0 Å². The van der Waals surface area contributed by atoms with Crippen LogP contribution in [-0.4, -0.2) is 82.6 Å². The lowest BCUT2D eigenvalue weighted by molar-refractivity contribution is -0.127. The quantitative estimate of drug-likeness (QED) is 0.0823. The van der Waals surface area contributed by atoms with Crippen molar-refractivity contribution in [3.8, 4) is 5.75 Å². The molecule has 7 atom stereocenters. The molecule has 1 aromatic rings. The van der Waals surface area contributed by atoms with E-state index in [9.17, 15) is 0 Å². The second-order valence-corrected chi connectivity index (χ2v) is 33.8. The van der Waals surface area contributed by atoms with Crippen molar-refractivity contribution in [3.63, 3.8) is 0 Å². The van der Waals surface area contributed by atoms with Crippen LogP contribution in [0.25, 0.3) is 0 Å². The number of methoxy groups -OCH3 is 1. The fourth-order valence-electron chi connectivity index (χ4n) is 8.27. The topological polar surface area (TPSA) is 73.7 Å². The molecular formula is C38H76N2O6Si4. The lowest BCUT2D eigenvalue weighted by atomic mass is 9.93. The summed E-state index contributed by atoms with van der Waals surface area (Å²) in [5.74, 6) is 0.846.